The molecule has 2 N–H and O–H groups in total. The lowest BCUT2D eigenvalue weighted by molar-refractivity contribution is 0.102. The van der Waals surface area contributed by atoms with Gasteiger partial charge in [-0.3, -0.25) is 4.79 Å². The van der Waals surface area contributed by atoms with Gasteiger partial charge < -0.3 is 10.6 Å². The molecule has 4 nitrogen and oxygen atoms in total. The number of aromatic nitrogens is 1. The zero-order chi connectivity index (χ0) is 15.4. The van der Waals surface area contributed by atoms with Gasteiger partial charge in [-0.05, 0) is 41.1 Å². The average Bonchev–Trinajstić information content (AvgIpc) is 2.43. The van der Waals surface area contributed by atoms with E-state index in [1.54, 1.807) is 6.07 Å². The zero-order valence-electron chi connectivity index (χ0n) is 11.1. The van der Waals surface area contributed by atoms with Crippen molar-refractivity contribution in [2.45, 2.75) is 6.92 Å². The molecule has 0 atom stereocenters. The van der Waals surface area contributed by atoms with Crippen LogP contribution >= 0.6 is 15.9 Å². The Hall–Kier alpha value is -2.02. The Labute approximate surface area is 128 Å². The Kier molecular flexibility index (Phi) is 4.85. The quantitative estimate of drug-likeness (QED) is 0.876. The van der Waals surface area contributed by atoms with Gasteiger partial charge in [0, 0.05) is 28.8 Å². The van der Waals surface area contributed by atoms with Crippen molar-refractivity contribution in [3.8, 4) is 0 Å². The van der Waals surface area contributed by atoms with Crippen LogP contribution in [0, 0.1) is 11.6 Å². The second kappa shape index (κ2) is 6.62. The van der Waals surface area contributed by atoms with Gasteiger partial charge in [0.1, 0.15) is 11.6 Å². The number of rotatable bonds is 4. The number of carbonyl (C=O) groups excluding carboxylic acids is 1. The van der Waals surface area contributed by atoms with Crippen molar-refractivity contribution in [3.05, 3.63) is 52.1 Å². The molecule has 21 heavy (non-hydrogen) atoms. The summed E-state index contributed by atoms with van der Waals surface area (Å²) >= 11 is 3.02. The number of nitrogens with one attached hydrogen (secondary N) is 2. The van der Waals surface area contributed by atoms with Crippen LogP contribution in [-0.4, -0.2) is 17.4 Å². The SMILES string of the molecule is CCNc1cc(C(=O)Nc2c(F)cc(F)cc2Br)ccn1. The van der Waals surface area contributed by atoms with Gasteiger partial charge in [-0.2, -0.15) is 0 Å². The summed E-state index contributed by atoms with van der Waals surface area (Å²) in [5, 5.41) is 5.38. The number of nitrogens with zero attached hydrogens (tertiary/aromatic N) is 1. The molecular formula is C14H12BrF2N3O. The second-order valence-corrected chi connectivity index (χ2v) is 5.01. The summed E-state index contributed by atoms with van der Waals surface area (Å²) in [5.41, 5.74) is 0.208. The normalized spacial score (nSPS) is 10.3. The summed E-state index contributed by atoms with van der Waals surface area (Å²) < 4.78 is 26.8. The molecule has 0 aliphatic carbocycles. The molecule has 2 rings (SSSR count). The smallest absolute Gasteiger partial charge is 0.255 e. The second-order valence-electron chi connectivity index (χ2n) is 4.16. The molecule has 0 saturated carbocycles. The van der Waals surface area contributed by atoms with Crippen molar-refractivity contribution in [1.29, 1.82) is 0 Å². The van der Waals surface area contributed by atoms with Crippen LogP contribution in [0.1, 0.15) is 17.3 Å². The molecule has 0 aliphatic rings. The molecule has 0 fully saturated rings. The first-order chi connectivity index (χ1) is 10.0. The third kappa shape index (κ3) is 3.75. The Morgan fingerprint density at radius 3 is 2.76 bits per heavy atom. The van der Waals surface area contributed by atoms with Gasteiger partial charge >= 0.3 is 0 Å². The third-order valence-corrected chi connectivity index (χ3v) is 3.25. The molecule has 0 spiro atoms. The molecular weight excluding hydrogens is 344 g/mol. The van der Waals surface area contributed by atoms with Crippen molar-refractivity contribution in [2.75, 3.05) is 17.2 Å². The first-order valence-corrected chi connectivity index (χ1v) is 6.96. The molecule has 7 heteroatoms. The Balaban J connectivity index is 2.24. The highest BCUT2D eigenvalue weighted by atomic mass is 79.9. The number of pyridine rings is 1. The summed E-state index contributed by atoms with van der Waals surface area (Å²) in [6.07, 6.45) is 1.48. The molecule has 1 amide bonds. The lowest BCUT2D eigenvalue weighted by atomic mass is 10.2. The van der Waals surface area contributed by atoms with E-state index in [4.69, 9.17) is 0 Å². The standard InChI is InChI=1S/C14H12BrF2N3O/c1-2-18-12-5-8(3-4-19-12)14(21)20-13-10(15)6-9(16)7-11(13)17/h3-7H,2H2,1H3,(H,18,19)(H,20,21). The maximum absolute atomic E-state index is 13.7. The maximum atomic E-state index is 13.7. The van der Waals surface area contributed by atoms with Crippen LogP contribution in [-0.2, 0) is 0 Å². The number of amides is 1. The van der Waals surface area contributed by atoms with Crippen LogP contribution in [0.2, 0.25) is 0 Å². The molecule has 1 heterocycles. The van der Waals surface area contributed by atoms with E-state index in [0.717, 1.165) is 6.07 Å². The molecule has 0 bridgehead atoms. The lowest BCUT2D eigenvalue weighted by Gasteiger charge is -2.10. The molecule has 110 valence electrons. The fourth-order valence-corrected chi connectivity index (χ4v) is 2.20. The molecule has 0 aliphatic heterocycles. The topological polar surface area (TPSA) is 54.0 Å². The van der Waals surface area contributed by atoms with E-state index in [0.29, 0.717) is 24.0 Å². The number of anilines is 2. The van der Waals surface area contributed by atoms with Gasteiger partial charge in [-0.25, -0.2) is 13.8 Å². The Morgan fingerprint density at radius 2 is 2.10 bits per heavy atom. The van der Waals surface area contributed by atoms with Gasteiger partial charge in [-0.15, -0.1) is 0 Å². The van der Waals surface area contributed by atoms with Gasteiger partial charge in [0.15, 0.2) is 5.82 Å². The van der Waals surface area contributed by atoms with E-state index < -0.39 is 17.5 Å². The number of hydrogen-bond acceptors (Lipinski definition) is 3. The zero-order valence-corrected chi connectivity index (χ0v) is 12.7. The largest absolute Gasteiger partial charge is 0.370 e. The molecule has 1 aromatic heterocycles. The van der Waals surface area contributed by atoms with Gasteiger partial charge in [0.25, 0.3) is 5.91 Å². The monoisotopic (exact) mass is 355 g/mol. The minimum atomic E-state index is -0.851. The highest BCUT2D eigenvalue weighted by molar-refractivity contribution is 9.10. The predicted octanol–water partition coefficient (Wildman–Crippen LogP) is 3.81. The molecule has 0 unspecified atom stereocenters. The van der Waals surface area contributed by atoms with Crippen molar-refractivity contribution >= 4 is 33.3 Å². The van der Waals surface area contributed by atoms with Crippen LogP contribution in [0.3, 0.4) is 0 Å². The van der Waals surface area contributed by atoms with Crippen LogP contribution in [0.15, 0.2) is 34.9 Å². The third-order valence-electron chi connectivity index (χ3n) is 2.63. The van der Waals surface area contributed by atoms with E-state index in [9.17, 15) is 13.6 Å². The van der Waals surface area contributed by atoms with Crippen molar-refractivity contribution < 1.29 is 13.6 Å². The highest BCUT2D eigenvalue weighted by Gasteiger charge is 2.14. The molecule has 0 saturated heterocycles. The first-order valence-electron chi connectivity index (χ1n) is 6.17. The van der Waals surface area contributed by atoms with E-state index in [1.165, 1.54) is 12.3 Å². The van der Waals surface area contributed by atoms with Crippen molar-refractivity contribution in [3.63, 3.8) is 0 Å². The minimum Gasteiger partial charge on any atom is -0.370 e. The summed E-state index contributed by atoms with van der Waals surface area (Å²) in [6.45, 7) is 2.57. The summed E-state index contributed by atoms with van der Waals surface area (Å²) in [4.78, 5) is 16.2. The minimum absolute atomic E-state index is 0.108. The number of hydrogen-bond donors (Lipinski definition) is 2. The van der Waals surface area contributed by atoms with Gasteiger partial charge in [-0.1, -0.05) is 0 Å². The van der Waals surface area contributed by atoms with E-state index in [1.807, 2.05) is 6.92 Å². The van der Waals surface area contributed by atoms with E-state index in [-0.39, 0.29) is 10.2 Å². The van der Waals surface area contributed by atoms with Crippen molar-refractivity contribution in [2.24, 2.45) is 0 Å². The van der Waals surface area contributed by atoms with E-state index >= 15 is 0 Å². The lowest BCUT2D eigenvalue weighted by Crippen LogP contribution is -2.14. The maximum Gasteiger partial charge on any atom is 0.255 e. The average molecular weight is 356 g/mol. The van der Waals surface area contributed by atoms with Crippen LogP contribution in [0.25, 0.3) is 0 Å². The van der Waals surface area contributed by atoms with Crippen LogP contribution in [0.4, 0.5) is 20.3 Å². The number of halogens is 3. The fraction of sp³-hybridized carbons (Fsp3) is 0.143. The number of benzene rings is 1. The van der Waals surface area contributed by atoms with Crippen LogP contribution < -0.4 is 10.6 Å². The van der Waals surface area contributed by atoms with Crippen molar-refractivity contribution in [1.82, 2.24) is 4.98 Å². The number of carbonyl (C=O) groups is 1. The molecule has 1 aromatic carbocycles. The first kappa shape index (κ1) is 15.4. The fourth-order valence-electron chi connectivity index (χ4n) is 1.70. The summed E-state index contributed by atoms with van der Waals surface area (Å²) in [5.74, 6) is -1.54. The molecule has 0 radical (unpaired) electrons. The Bertz CT molecular complexity index is 656. The summed E-state index contributed by atoms with van der Waals surface area (Å²) in [7, 11) is 0. The Morgan fingerprint density at radius 1 is 1.33 bits per heavy atom. The van der Waals surface area contributed by atoms with Crippen LogP contribution in [0.5, 0.6) is 0 Å². The molecule has 2 aromatic rings. The highest BCUT2D eigenvalue weighted by Crippen LogP contribution is 2.27. The van der Waals surface area contributed by atoms with E-state index in [2.05, 4.69) is 31.5 Å². The summed E-state index contributed by atoms with van der Waals surface area (Å²) in [6, 6.07) is 4.84. The predicted molar refractivity (Wildman–Crippen MR) is 80.4 cm³/mol. The van der Waals surface area contributed by atoms with Gasteiger partial charge in [0.2, 0.25) is 0 Å². The van der Waals surface area contributed by atoms with Gasteiger partial charge in [0.05, 0.1) is 5.69 Å².